The molecule has 1 amide bonds. The van der Waals surface area contributed by atoms with Crippen LogP contribution in [0.4, 0.5) is 5.69 Å². The molecule has 3 nitrogen and oxygen atoms in total. The van der Waals surface area contributed by atoms with Crippen LogP contribution in [0.1, 0.15) is 16.7 Å². The molecule has 1 heterocycles. The average Bonchev–Trinajstić information content (AvgIpc) is 2.64. The SMILES string of the molecule is Cc1cccc(N2CCN(C(=O)CSCc3cccc(Cl)c3)CC2)c1C. The molecule has 0 spiro atoms. The van der Waals surface area contributed by atoms with Crippen molar-refractivity contribution in [3.8, 4) is 0 Å². The van der Waals surface area contributed by atoms with Gasteiger partial charge in [-0.05, 0) is 48.7 Å². The zero-order chi connectivity index (χ0) is 18.5. The van der Waals surface area contributed by atoms with Crippen LogP contribution in [0.25, 0.3) is 0 Å². The number of piperazine rings is 1. The van der Waals surface area contributed by atoms with Crippen molar-refractivity contribution in [1.29, 1.82) is 0 Å². The number of hydrogen-bond donors (Lipinski definition) is 0. The molecule has 1 saturated heterocycles. The third-order valence-corrected chi connectivity index (χ3v) is 6.16. The Bertz CT molecular complexity index is 772. The molecule has 0 radical (unpaired) electrons. The number of nitrogens with zero attached hydrogens (tertiary/aromatic N) is 2. The number of hydrogen-bond acceptors (Lipinski definition) is 3. The van der Waals surface area contributed by atoms with Gasteiger partial charge in [-0.2, -0.15) is 0 Å². The number of aryl methyl sites for hydroxylation is 1. The maximum absolute atomic E-state index is 12.5. The Kier molecular flexibility index (Phi) is 6.49. The molecule has 2 aromatic rings. The fraction of sp³-hybridized carbons (Fsp3) is 0.381. The van der Waals surface area contributed by atoms with E-state index in [2.05, 4.69) is 36.9 Å². The van der Waals surface area contributed by atoms with Gasteiger partial charge in [0, 0.05) is 42.6 Å². The van der Waals surface area contributed by atoms with Crippen LogP contribution in [-0.2, 0) is 10.5 Å². The molecule has 0 unspecified atom stereocenters. The molecule has 26 heavy (non-hydrogen) atoms. The van der Waals surface area contributed by atoms with E-state index in [0.29, 0.717) is 5.75 Å². The molecular formula is C21H25ClN2OS. The van der Waals surface area contributed by atoms with E-state index in [-0.39, 0.29) is 5.91 Å². The number of carbonyl (C=O) groups excluding carboxylic acids is 1. The molecule has 3 rings (SSSR count). The van der Waals surface area contributed by atoms with Crippen molar-refractivity contribution in [3.05, 3.63) is 64.2 Å². The van der Waals surface area contributed by atoms with Gasteiger partial charge in [-0.15, -0.1) is 11.8 Å². The first kappa shape index (κ1) is 19.1. The zero-order valence-electron chi connectivity index (χ0n) is 15.4. The van der Waals surface area contributed by atoms with Crippen molar-refractivity contribution < 1.29 is 4.79 Å². The second-order valence-electron chi connectivity index (χ2n) is 6.71. The lowest BCUT2D eigenvalue weighted by molar-refractivity contribution is -0.128. The lowest BCUT2D eigenvalue weighted by Gasteiger charge is -2.37. The second kappa shape index (κ2) is 8.83. The van der Waals surface area contributed by atoms with Crippen molar-refractivity contribution in [2.45, 2.75) is 19.6 Å². The molecule has 2 aromatic carbocycles. The summed E-state index contributed by atoms with van der Waals surface area (Å²) in [5, 5.41) is 0.747. The maximum Gasteiger partial charge on any atom is 0.232 e. The largest absolute Gasteiger partial charge is 0.368 e. The van der Waals surface area contributed by atoms with Crippen LogP contribution >= 0.6 is 23.4 Å². The van der Waals surface area contributed by atoms with Gasteiger partial charge < -0.3 is 9.80 Å². The highest BCUT2D eigenvalue weighted by Crippen LogP contribution is 2.24. The summed E-state index contributed by atoms with van der Waals surface area (Å²) in [6.07, 6.45) is 0. The van der Waals surface area contributed by atoms with E-state index in [4.69, 9.17) is 11.6 Å². The van der Waals surface area contributed by atoms with Gasteiger partial charge in [-0.3, -0.25) is 4.79 Å². The van der Waals surface area contributed by atoms with Crippen LogP contribution in [0, 0.1) is 13.8 Å². The first-order valence-corrected chi connectivity index (χ1v) is 10.5. The number of amides is 1. The highest BCUT2D eigenvalue weighted by Gasteiger charge is 2.22. The van der Waals surface area contributed by atoms with Gasteiger partial charge >= 0.3 is 0 Å². The third-order valence-electron chi connectivity index (χ3n) is 4.93. The van der Waals surface area contributed by atoms with E-state index < -0.39 is 0 Å². The average molecular weight is 389 g/mol. The minimum absolute atomic E-state index is 0.234. The van der Waals surface area contributed by atoms with E-state index in [1.54, 1.807) is 11.8 Å². The highest BCUT2D eigenvalue weighted by atomic mass is 35.5. The minimum atomic E-state index is 0.234. The molecule has 0 bridgehead atoms. The molecule has 0 atom stereocenters. The predicted molar refractivity (Wildman–Crippen MR) is 112 cm³/mol. The Hall–Kier alpha value is -1.65. The molecule has 138 valence electrons. The number of anilines is 1. The van der Waals surface area contributed by atoms with Gasteiger partial charge in [0.2, 0.25) is 5.91 Å². The first-order valence-electron chi connectivity index (χ1n) is 8.96. The van der Waals surface area contributed by atoms with Crippen LogP contribution in [-0.4, -0.2) is 42.7 Å². The number of thioether (sulfide) groups is 1. The molecule has 0 aromatic heterocycles. The van der Waals surface area contributed by atoms with Crippen LogP contribution in [0.5, 0.6) is 0 Å². The van der Waals surface area contributed by atoms with E-state index in [1.165, 1.54) is 16.8 Å². The fourth-order valence-electron chi connectivity index (χ4n) is 3.25. The molecule has 1 aliphatic heterocycles. The van der Waals surface area contributed by atoms with Crippen molar-refractivity contribution in [2.24, 2.45) is 0 Å². The van der Waals surface area contributed by atoms with Gasteiger partial charge in [-0.1, -0.05) is 35.9 Å². The van der Waals surface area contributed by atoms with Crippen molar-refractivity contribution in [2.75, 3.05) is 36.8 Å². The van der Waals surface area contributed by atoms with E-state index in [9.17, 15) is 4.79 Å². The summed E-state index contributed by atoms with van der Waals surface area (Å²) < 4.78 is 0. The summed E-state index contributed by atoms with van der Waals surface area (Å²) in [4.78, 5) is 16.9. The Balaban J connectivity index is 1.47. The standard InChI is InChI=1S/C21H25ClN2OS/c1-16-5-3-8-20(17(16)2)23-9-11-24(12-10-23)21(25)15-26-14-18-6-4-7-19(22)13-18/h3-8,13H,9-12,14-15H2,1-2H3. The molecule has 5 heteroatoms. The van der Waals surface area contributed by atoms with Gasteiger partial charge in [-0.25, -0.2) is 0 Å². The van der Waals surface area contributed by atoms with Gasteiger partial charge in [0.25, 0.3) is 0 Å². The Morgan fingerprint density at radius 3 is 2.54 bits per heavy atom. The monoisotopic (exact) mass is 388 g/mol. The summed E-state index contributed by atoms with van der Waals surface area (Å²) in [5.41, 5.74) is 5.12. The zero-order valence-corrected chi connectivity index (χ0v) is 16.9. The summed E-state index contributed by atoms with van der Waals surface area (Å²) in [7, 11) is 0. The summed E-state index contributed by atoms with van der Waals surface area (Å²) in [6.45, 7) is 7.71. The third kappa shape index (κ3) is 4.74. The molecular weight excluding hydrogens is 364 g/mol. The topological polar surface area (TPSA) is 23.6 Å². The molecule has 0 aliphatic carbocycles. The summed E-state index contributed by atoms with van der Waals surface area (Å²) in [5.74, 6) is 1.57. The van der Waals surface area contributed by atoms with Gasteiger partial charge in [0.15, 0.2) is 0 Å². The van der Waals surface area contributed by atoms with E-state index >= 15 is 0 Å². The van der Waals surface area contributed by atoms with Gasteiger partial charge in [0.1, 0.15) is 0 Å². The smallest absolute Gasteiger partial charge is 0.232 e. The Morgan fingerprint density at radius 1 is 1.08 bits per heavy atom. The lowest BCUT2D eigenvalue weighted by atomic mass is 10.1. The Labute approximate surface area is 165 Å². The molecule has 0 N–H and O–H groups in total. The lowest BCUT2D eigenvalue weighted by Crippen LogP contribution is -2.49. The minimum Gasteiger partial charge on any atom is -0.368 e. The number of rotatable bonds is 5. The summed E-state index contributed by atoms with van der Waals surface area (Å²) in [6, 6.07) is 14.3. The van der Waals surface area contributed by atoms with E-state index in [0.717, 1.165) is 42.5 Å². The first-order chi connectivity index (χ1) is 12.5. The van der Waals surface area contributed by atoms with E-state index in [1.807, 2.05) is 29.2 Å². The Morgan fingerprint density at radius 2 is 1.81 bits per heavy atom. The summed E-state index contributed by atoms with van der Waals surface area (Å²) >= 11 is 7.66. The van der Waals surface area contributed by atoms with Crippen LogP contribution < -0.4 is 4.90 Å². The fourth-order valence-corrected chi connectivity index (χ4v) is 4.34. The number of benzene rings is 2. The predicted octanol–water partition coefficient (Wildman–Crippen LogP) is 4.54. The quantitative estimate of drug-likeness (QED) is 0.751. The van der Waals surface area contributed by atoms with Crippen LogP contribution in [0.3, 0.4) is 0 Å². The molecule has 1 fully saturated rings. The second-order valence-corrected chi connectivity index (χ2v) is 8.13. The van der Waals surface area contributed by atoms with Gasteiger partial charge in [0.05, 0.1) is 5.75 Å². The molecule has 1 aliphatic rings. The van der Waals surface area contributed by atoms with Crippen molar-refractivity contribution >= 4 is 35.0 Å². The normalized spacial score (nSPS) is 14.6. The number of halogens is 1. The van der Waals surface area contributed by atoms with Crippen LogP contribution in [0.2, 0.25) is 5.02 Å². The number of carbonyl (C=O) groups is 1. The van der Waals surface area contributed by atoms with Crippen molar-refractivity contribution in [3.63, 3.8) is 0 Å². The maximum atomic E-state index is 12.5. The van der Waals surface area contributed by atoms with Crippen molar-refractivity contribution in [1.82, 2.24) is 4.90 Å². The highest BCUT2D eigenvalue weighted by molar-refractivity contribution is 7.99. The molecule has 0 saturated carbocycles. The van der Waals surface area contributed by atoms with Crippen LogP contribution in [0.15, 0.2) is 42.5 Å².